The van der Waals surface area contributed by atoms with Crippen molar-refractivity contribution in [2.24, 2.45) is 0 Å². The van der Waals surface area contributed by atoms with Crippen molar-refractivity contribution >= 4 is 5.91 Å². The Labute approximate surface area is 175 Å². The zero-order chi connectivity index (χ0) is 21.3. The Bertz CT molecular complexity index is 1040. The van der Waals surface area contributed by atoms with Gasteiger partial charge in [-0.2, -0.15) is 0 Å². The molecule has 0 bridgehead atoms. The Morgan fingerprint density at radius 2 is 1.87 bits per heavy atom. The molecule has 0 radical (unpaired) electrons. The number of aromatic nitrogens is 1. The maximum absolute atomic E-state index is 13.2. The molecule has 5 nitrogen and oxygen atoms in total. The molecule has 1 aromatic heterocycles. The number of carbonyl (C=O) groups is 1. The second-order valence-electron chi connectivity index (χ2n) is 7.91. The molecule has 2 heterocycles. The molecule has 156 valence electrons. The standard InChI is InChI=1S/C24H25FN2O3/c1-15(2)19-6-4-5-7-22(19)29-16(3)24(28)27-13-12-20-21(14-27)26-30-23(20)17-8-10-18(25)11-9-17/h4-11,15-16H,12-14H2,1-3H3. The Morgan fingerprint density at radius 3 is 2.60 bits per heavy atom. The number of benzene rings is 2. The SMILES string of the molecule is CC(Oc1ccccc1C(C)C)C(=O)N1CCc2c(noc2-c2ccc(F)cc2)C1. The zero-order valence-corrected chi connectivity index (χ0v) is 17.4. The van der Waals surface area contributed by atoms with Crippen LogP contribution in [-0.4, -0.2) is 28.6 Å². The van der Waals surface area contributed by atoms with E-state index in [0.29, 0.717) is 31.2 Å². The second-order valence-corrected chi connectivity index (χ2v) is 7.91. The minimum absolute atomic E-state index is 0.0782. The van der Waals surface area contributed by atoms with Crippen LogP contribution in [0, 0.1) is 5.82 Å². The van der Waals surface area contributed by atoms with Gasteiger partial charge < -0.3 is 14.2 Å². The van der Waals surface area contributed by atoms with Crippen molar-refractivity contribution < 1.29 is 18.4 Å². The van der Waals surface area contributed by atoms with E-state index in [1.54, 1.807) is 24.0 Å². The highest BCUT2D eigenvalue weighted by Crippen LogP contribution is 2.31. The molecule has 4 rings (SSSR count). The molecule has 6 heteroatoms. The monoisotopic (exact) mass is 408 g/mol. The number of ether oxygens (including phenoxy) is 1. The van der Waals surface area contributed by atoms with Crippen LogP contribution < -0.4 is 4.74 Å². The largest absolute Gasteiger partial charge is 0.481 e. The molecular weight excluding hydrogens is 383 g/mol. The Morgan fingerprint density at radius 1 is 1.13 bits per heavy atom. The number of para-hydroxylation sites is 1. The third kappa shape index (κ3) is 3.95. The summed E-state index contributed by atoms with van der Waals surface area (Å²) in [6.45, 7) is 6.91. The summed E-state index contributed by atoms with van der Waals surface area (Å²) in [5.74, 6) is 1.32. The lowest BCUT2D eigenvalue weighted by molar-refractivity contribution is -0.139. The Hall–Kier alpha value is -3.15. The van der Waals surface area contributed by atoms with Gasteiger partial charge in [-0.15, -0.1) is 0 Å². The van der Waals surface area contributed by atoms with Crippen molar-refractivity contribution in [3.8, 4) is 17.1 Å². The molecule has 3 aromatic rings. The van der Waals surface area contributed by atoms with Crippen molar-refractivity contribution in [1.82, 2.24) is 10.1 Å². The molecule has 0 N–H and O–H groups in total. The number of nitrogens with zero attached hydrogens (tertiary/aromatic N) is 2. The van der Waals surface area contributed by atoms with Crippen LogP contribution in [0.25, 0.3) is 11.3 Å². The maximum Gasteiger partial charge on any atom is 0.263 e. The Balaban J connectivity index is 1.47. The van der Waals surface area contributed by atoms with E-state index in [-0.39, 0.29) is 11.7 Å². The highest BCUT2D eigenvalue weighted by Gasteiger charge is 2.30. The van der Waals surface area contributed by atoms with E-state index in [2.05, 4.69) is 19.0 Å². The number of hydrogen-bond donors (Lipinski definition) is 0. The van der Waals surface area contributed by atoms with Gasteiger partial charge in [0.1, 0.15) is 17.3 Å². The molecule has 0 saturated carbocycles. The maximum atomic E-state index is 13.2. The van der Waals surface area contributed by atoms with Gasteiger partial charge in [-0.1, -0.05) is 37.2 Å². The minimum Gasteiger partial charge on any atom is -0.481 e. The fourth-order valence-corrected chi connectivity index (χ4v) is 3.81. The third-order valence-corrected chi connectivity index (χ3v) is 5.45. The van der Waals surface area contributed by atoms with Crippen LogP contribution in [0.4, 0.5) is 4.39 Å². The van der Waals surface area contributed by atoms with E-state index >= 15 is 0 Å². The van der Waals surface area contributed by atoms with Crippen molar-refractivity contribution in [2.45, 2.75) is 45.8 Å². The fraction of sp³-hybridized carbons (Fsp3) is 0.333. The highest BCUT2D eigenvalue weighted by molar-refractivity contribution is 5.81. The molecule has 1 aliphatic rings. The van der Waals surface area contributed by atoms with E-state index < -0.39 is 6.10 Å². The lowest BCUT2D eigenvalue weighted by Gasteiger charge is -2.29. The number of halogens is 1. The molecule has 0 aliphatic carbocycles. The normalized spacial score (nSPS) is 14.5. The number of carbonyl (C=O) groups excluding carboxylic acids is 1. The first-order valence-corrected chi connectivity index (χ1v) is 10.2. The van der Waals surface area contributed by atoms with E-state index in [1.807, 2.05) is 24.3 Å². The fourth-order valence-electron chi connectivity index (χ4n) is 3.81. The molecule has 1 atom stereocenters. The summed E-state index contributed by atoms with van der Waals surface area (Å²) in [6.07, 6.45) is 0.0296. The molecule has 1 amide bonds. The van der Waals surface area contributed by atoms with Gasteiger partial charge in [-0.3, -0.25) is 4.79 Å². The Kier molecular flexibility index (Phi) is 5.57. The van der Waals surface area contributed by atoms with Crippen molar-refractivity contribution in [3.63, 3.8) is 0 Å². The number of amides is 1. The van der Waals surface area contributed by atoms with Crippen LogP contribution in [0.3, 0.4) is 0 Å². The van der Waals surface area contributed by atoms with Gasteiger partial charge in [0.15, 0.2) is 11.9 Å². The topological polar surface area (TPSA) is 55.6 Å². The molecular formula is C24H25FN2O3. The van der Waals surface area contributed by atoms with Crippen LogP contribution in [-0.2, 0) is 17.8 Å². The average molecular weight is 408 g/mol. The van der Waals surface area contributed by atoms with Crippen LogP contribution in [0.5, 0.6) is 5.75 Å². The molecule has 2 aromatic carbocycles. The molecule has 1 unspecified atom stereocenters. The number of rotatable bonds is 5. The van der Waals surface area contributed by atoms with Gasteiger partial charge in [-0.05, 0) is 55.2 Å². The summed E-state index contributed by atoms with van der Waals surface area (Å²) in [5, 5.41) is 4.17. The predicted octanol–water partition coefficient (Wildman–Crippen LogP) is 4.96. The van der Waals surface area contributed by atoms with Gasteiger partial charge in [0, 0.05) is 17.7 Å². The molecule has 0 fully saturated rings. The van der Waals surface area contributed by atoms with Gasteiger partial charge >= 0.3 is 0 Å². The molecule has 0 spiro atoms. The van der Waals surface area contributed by atoms with E-state index in [9.17, 15) is 9.18 Å². The smallest absolute Gasteiger partial charge is 0.263 e. The van der Waals surface area contributed by atoms with Gasteiger partial charge in [-0.25, -0.2) is 4.39 Å². The molecule has 1 aliphatic heterocycles. The van der Waals surface area contributed by atoms with Gasteiger partial charge in [0.05, 0.1) is 6.54 Å². The quantitative estimate of drug-likeness (QED) is 0.599. The first kappa shape index (κ1) is 20.1. The van der Waals surface area contributed by atoms with Crippen LogP contribution in [0.1, 0.15) is 43.5 Å². The minimum atomic E-state index is -0.602. The summed E-state index contributed by atoms with van der Waals surface area (Å²) in [5.41, 5.74) is 3.58. The van der Waals surface area contributed by atoms with Gasteiger partial charge in [0.2, 0.25) is 0 Å². The van der Waals surface area contributed by atoms with Crippen molar-refractivity contribution in [3.05, 3.63) is 71.2 Å². The molecule has 0 saturated heterocycles. The first-order valence-electron chi connectivity index (χ1n) is 10.2. The summed E-state index contributed by atoms with van der Waals surface area (Å²) in [7, 11) is 0. The first-order chi connectivity index (χ1) is 14.4. The number of hydrogen-bond acceptors (Lipinski definition) is 4. The summed E-state index contributed by atoms with van der Waals surface area (Å²) in [6, 6.07) is 14.0. The van der Waals surface area contributed by atoms with E-state index in [1.165, 1.54) is 12.1 Å². The lowest BCUT2D eigenvalue weighted by Crippen LogP contribution is -2.43. The second kappa shape index (κ2) is 8.30. The highest BCUT2D eigenvalue weighted by atomic mass is 19.1. The van der Waals surface area contributed by atoms with Crippen molar-refractivity contribution in [2.75, 3.05) is 6.54 Å². The third-order valence-electron chi connectivity index (χ3n) is 5.45. The summed E-state index contributed by atoms with van der Waals surface area (Å²) < 4.78 is 24.8. The number of fused-ring (bicyclic) bond motifs is 1. The zero-order valence-electron chi connectivity index (χ0n) is 17.4. The van der Waals surface area contributed by atoms with Gasteiger partial charge in [0.25, 0.3) is 5.91 Å². The lowest BCUT2D eigenvalue weighted by atomic mass is 10.00. The molecule has 30 heavy (non-hydrogen) atoms. The predicted molar refractivity (Wildman–Crippen MR) is 112 cm³/mol. The summed E-state index contributed by atoms with van der Waals surface area (Å²) in [4.78, 5) is 14.8. The average Bonchev–Trinajstić information content (AvgIpc) is 3.17. The van der Waals surface area contributed by atoms with Crippen molar-refractivity contribution in [1.29, 1.82) is 0 Å². The van der Waals surface area contributed by atoms with Crippen LogP contribution >= 0.6 is 0 Å². The van der Waals surface area contributed by atoms with Crippen LogP contribution in [0.2, 0.25) is 0 Å². The van der Waals surface area contributed by atoms with E-state index in [4.69, 9.17) is 9.26 Å². The summed E-state index contributed by atoms with van der Waals surface area (Å²) >= 11 is 0. The van der Waals surface area contributed by atoms with E-state index in [0.717, 1.165) is 28.1 Å². The van der Waals surface area contributed by atoms with Crippen LogP contribution in [0.15, 0.2) is 53.1 Å².